The normalized spacial score (nSPS) is 10.8. The van der Waals surface area contributed by atoms with Crippen LogP contribution in [0.5, 0.6) is 5.75 Å². The van der Waals surface area contributed by atoms with Gasteiger partial charge in [0.15, 0.2) is 5.00 Å². The van der Waals surface area contributed by atoms with Gasteiger partial charge in [-0.3, -0.25) is 0 Å². The lowest BCUT2D eigenvalue weighted by Gasteiger charge is -2.14. The molecule has 1 aromatic carbocycles. The Hall–Kier alpha value is -1.66. The van der Waals surface area contributed by atoms with Crippen molar-refractivity contribution in [3.05, 3.63) is 35.0 Å². The topological polar surface area (TPSA) is 73.1 Å². The zero-order valence-corrected chi connectivity index (χ0v) is 12.1. The molecule has 0 amide bonds. The van der Waals surface area contributed by atoms with Gasteiger partial charge in [0, 0.05) is 11.5 Å². The van der Waals surface area contributed by atoms with Gasteiger partial charge in [0.05, 0.1) is 0 Å². The molecule has 0 aliphatic rings. The predicted octanol–water partition coefficient (Wildman–Crippen LogP) is 2.83. The average molecular weight is 278 g/mol. The van der Waals surface area contributed by atoms with Gasteiger partial charge in [-0.05, 0) is 30.0 Å². The van der Waals surface area contributed by atoms with Crippen molar-refractivity contribution in [1.82, 2.24) is 9.59 Å². The molecule has 0 saturated carbocycles. The van der Waals surface area contributed by atoms with E-state index < -0.39 is 0 Å². The van der Waals surface area contributed by atoms with Crippen molar-refractivity contribution < 1.29 is 4.74 Å². The maximum Gasteiger partial charge on any atom is 0.150 e. The highest BCUT2D eigenvalue weighted by atomic mass is 32.1. The van der Waals surface area contributed by atoms with E-state index in [0.29, 0.717) is 12.5 Å². The third-order valence-corrected chi connectivity index (χ3v) is 3.54. The van der Waals surface area contributed by atoms with Crippen LogP contribution in [0.4, 0.5) is 5.00 Å². The van der Waals surface area contributed by atoms with Gasteiger partial charge in [-0.25, -0.2) is 5.84 Å². The summed E-state index contributed by atoms with van der Waals surface area (Å²) in [6, 6.07) is 6.25. The van der Waals surface area contributed by atoms with Gasteiger partial charge < -0.3 is 10.2 Å². The van der Waals surface area contributed by atoms with Gasteiger partial charge in [-0.2, -0.15) is 0 Å². The van der Waals surface area contributed by atoms with Gasteiger partial charge >= 0.3 is 0 Å². The van der Waals surface area contributed by atoms with Gasteiger partial charge in [0.1, 0.15) is 18.1 Å². The number of rotatable bonds is 5. The van der Waals surface area contributed by atoms with Crippen LogP contribution in [0.1, 0.15) is 36.6 Å². The van der Waals surface area contributed by atoms with Crippen molar-refractivity contribution in [3.63, 3.8) is 0 Å². The van der Waals surface area contributed by atoms with E-state index in [1.54, 1.807) is 0 Å². The summed E-state index contributed by atoms with van der Waals surface area (Å²) in [5.74, 6) is 6.70. The molecule has 0 saturated heterocycles. The molecular weight excluding hydrogens is 260 g/mol. The van der Waals surface area contributed by atoms with Crippen LogP contribution in [0.25, 0.3) is 0 Å². The Morgan fingerprint density at radius 2 is 2.21 bits per heavy atom. The fraction of sp³-hybridized carbons (Fsp3) is 0.385. The van der Waals surface area contributed by atoms with Crippen molar-refractivity contribution in [2.45, 2.75) is 33.3 Å². The molecule has 102 valence electrons. The number of aromatic nitrogens is 2. The van der Waals surface area contributed by atoms with Crippen LogP contribution in [0.2, 0.25) is 0 Å². The Kier molecular flexibility index (Phi) is 4.34. The molecule has 3 N–H and O–H groups in total. The molecule has 1 aromatic heterocycles. The fourth-order valence-corrected chi connectivity index (χ4v) is 2.28. The van der Waals surface area contributed by atoms with Crippen molar-refractivity contribution in [3.8, 4) is 5.75 Å². The Morgan fingerprint density at radius 1 is 1.42 bits per heavy atom. The summed E-state index contributed by atoms with van der Waals surface area (Å²) in [5.41, 5.74) is 5.66. The highest BCUT2D eigenvalue weighted by molar-refractivity contribution is 7.10. The van der Waals surface area contributed by atoms with Crippen LogP contribution in [-0.2, 0) is 6.61 Å². The largest absolute Gasteiger partial charge is 0.487 e. The SMILES string of the molecule is Cc1ccc(C(C)C)c(OCc2nnsc2NN)c1. The van der Waals surface area contributed by atoms with Crippen LogP contribution in [0, 0.1) is 6.92 Å². The van der Waals surface area contributed by atoms with E-state index in [0.717, 1.165) is 16.4 Å². The van der Waals surface area contributed by atoms with Gasteiger partial charge in [-0.15, -0.1) is 5.10 Å². The molecule has 0 aliphatic heterocycles. The van der Waals surface area contributed by atoms with Crippen LogP contribution in [0.15, 0.2) is 18.2 Å². The molecule has 0 bridgehead atoms. The smallest absolute Gasteiger partial charge is 0.150 e. The zero-order chi connectivity index (χ0) is 13.8. The predicted molar refractivity (Wildman–Crippen MR) is 77.3 cm³/mol. The van der Waals surface area contributed by atoms with E-state index >= 15 is 0 Å². The Morgan fingerprint density at radius 3 is 2.89 bits per heavy atom. The van der Waals surface area contributed by atoms with Crippen LogP contribution >= 0.6 is 11.5 Å². The number of aryl methyl sites for hydroxylation is 1. The van der Waals surface area contributed by atoms with Gasteiger partial charge in [-0.1, -0.05) is 30.5 Å². The molecule has 0 radical (unpaired) electrons. The van der Waals surface area contributed by atoms with Crippen molar-refractivity contribution >= 4 is 16.5 Å². The summed E-state index contributed by atoms with van der Waals surface area (Å²) >= 11 is 1.22. The molecule has 5 nitrogen and oxygen atoms in total. The Labute approximate surface area is 116 Å². The minimum atomic E-state index is 0.360. The molecule has 0 spiro atoms. The number of anilines is 1. The minimum absolute atomic E-state index is 0.360. The first-order valence-corrected chi connectivity index (χ1v) is 6.90. The summed E-state index contributed by atoms with van der Waals surface area (Å²) in [6.45, 7) is 6.71. The molecular formula is C13H18N4OS. The molecule has 0 unspecified atom stereocenters. The molecule has 0 aliphatic carbocycles. The molecule has 2 rings (SSSR count). The van der Waals surface area contributed by atoms with E-state index in [4.69, 9.17) is 10.6 Å². The second-order valence-corrected chi connectivity index (χ2v) is 5.43. The van der Waals surface area contributed by atoms with Crippen LogP contribution in [-0.4, -0.2) is 9.59 Å². The first-order valence-electron chi connectivity index (χ1n) is 6.13. The van der Waals surface area contributed by atoms with Crippen molar-refractivity contribution in [1.29, 1.82) is 0 Å². The number of hydrazine groups is 1. The number of nitrogens with one attached hydrogen (secondary N) is 1. The Balaban J connectivity index is 2.17. The average Bonchev–Trinajstić information content (AvgIpc) is 2.83. The molecule has 1 heterocycles. The lowest BCUT2D eigenvalue weighted by atomic mass is 10.0. The summed E-state index contributed by atoms with van der Waals surface area (Å²) in [5, 5.41) is 4.74. The summed E-state index contributed by atoms with van der Waals surface area (Å²) < 4.78 is 9.72. The monoisotopic (exact) mass is 278 g/mol. The van der Waals surface area contributed by atoms with Crippen LogP contribution < -0.4 is 16.0 Å². The lowest BCUT2D eigenvalue weighted by Crippen LogP contribution is -2.09. The number of hydrogen-bond donors (Lipinski definition) is 2. The second-order valence-electron chi connectivity index (χ2n) is 4.68. The van der Waals surface area contributed by atoms with E-state index in [2.05, 4.69) is 41.0 Å². The Bertz CT molecular complexity index is 553. The molecule has 19 heavy (non-hydrogen) atoms. The summed E-state index contributed by atoms with van der Waals surface area (Å²) in [7, 11) is 0. The molecule has 2 aromatic rings. The van der Waals surface area contributed by atoms with Crippen molar-refractivity contribution in [2.75, 3.05) is 5.43 Å². The highest BCUT2D eigenvalue weighted by Crippen LogP contribution is 2.28. The fourth-order valence-electron chi connectivity index (χ4n) is 1.80. The van der Waals surface area contributed by atoms with E-state index in [1.165, 1.54) is 22.7 Å². The quantitative estimate of drug-likeness (QED) is 0.650. The number of nitrogen functional groups attached to an aromatic ring is 1. The first kappa shape index (κ1) is 13.8. The molecule has 0 fully saturated rings. The number of benzene rings is 1. The second kappa shape index (κ2) is 5.99. The maximum absolute atomic E-state index is 5.87. The molecule has 6 heteroatoms. The standard InChI is InChI=1S/C13H18N4OS/c1-8(2)10-5-4-9(3)6-12(10)18-7-11-13(15-14)19-17-16-11/h4-6,8,15H,7,14H2,1-3H3. The number of ether oxygens (including phenoxy) is 1. The maximum atomic E-state index is 5.87. The summed E-state index contributed by atoms with van der Waals surface area (Å²) in [6.07, 6.45) is 0. The highest BCUT2D eigenvalue weighted by Gasteiger charge is 2.11. The number of hydrogen-bond acceptors (Lipinski definition) is 6. The third kappa shape index (κ3) is 3.21. The molecule has 0 atom stereocenters. The van der Waals surface area contributed by atoms with Crippen LogP contribution in [0.3, 0.4) is 0 Å². The first-order chi connectivity index (χ1) is 9.11. The number of nitrogens with two attached hydrogens (primary N) is 1. The van der Waals surface area contributed by atoms with Gasteiger partial charge in [0.25, 0.3) is 0 Å². The third-order valence-electron chi connectivity index (χ3n) is 2.84. The van der Waals surface area contributed by atoms with E-state index in [1.807, 2.05) is 13.0 Å². The number of nitrogens with zero attached hydrogens (tertiary/aromatic N) is 2. The zero-order valence-electron chi connectivity index (χ0n) is 11.3. The van der Waals surface area contributed by atoms with Gasteiger partial charge in [0.2, 0.25) is 0 Å². The summed E-state index contributed by atoms with van der Waals surface area (Å²) in [4.78, 5) is 0. The minimum Gasteiger partial charge on any atom is -0.487 e. The lowest BCUT2D eigenvalue weighted by molar-refractivity contribution is 0.297. The van der Waals surface area contributed by atoms with Crippen molar-refractivity contribution in [2.24, 2.45) is 5.84 Å². The van der Waals surface area contributed by atoms with E-state index in [-0.39, 0.29) is 0 Å². The van der Waals surface area contributed by atoms with E-state index in [9.17, 15) is 0 Å².